The number of nitrogens with zero attached hydrogens (tertiary/aromatic N) is 4. The number of hydrogen-bond acceptors (Lipinski definition) is 6. The van der Waals surface area contributed by atoms with Crippen LogP contribution in [0, 0.1) is 5.92 Å². The first-order chi connectivity index (χ1) is 10.4. The predicted molar refractivity (Wildman–Crippen MR) is 77.9 cm³/mol. The van der Waals surface area contributed by atoms with E-state index in [2.05, 4.69) is 37.5 Å². The first-order valence-electron chi connectivity index (χ1n) is 7.55. The normalized spacial score (nSPS) is 18.8. The van der Waals surface area contributed by atoms with Crippen LogP contribution in [0.1, 0.15) is 30.2 Å². The molecular weight excluding hydrogens is 266 g/mol. The minimum atomic E-state index is 0.665. The molecular formula is C15H19N5O. The van der Waals surface area contributed by atoms with Gasteiger partial charge in [0, 0.05) is 31.5 Å². The summed E-state index contributed by atoms with van der Waals surface area (Å²) in [5.74, 6) is 3.23. The Morgan fingerprint density at radius 2 is 2.14 bits per heavy atom. The van der Waals surface area contributed by atoms with E-state index in [9.17, 15) is 0 Å². The van der Waals surface area contributed by atoms with Crippen molar-refractivity contribution < 1.29 is 4.42 Å². The molecule has 0 amide bonds. The minimum absolute atomic E-state index is 0.665. The average Bonchev–Trinajstić information content (AvgIpc) is 3.19. The van der Waals surface area contributed by atoms with Gasteiger partial charge in [0.2, 0.25) is 0 Å². The molecule has 1 N–H and O–H groups in total. The molecule has 0 spiro atoms. The highest BCUT2D eigenvalue weighted by atomic mass is 16.3. The summed E-state index contributed by atoms with van der Waals surface area (Å²) in [5.41, 5.74) is 1.16. The molecule has 110 valence electrons. The highest BCUT2D eigenvalue weighted by Crippen LogP contribution is 2.38. The van der Waals surface area contributed by atoms with Crippen LogP contribution in [0.3, 0.4) is 0 Å². The molecule has 0 radical (unpaired) electrons. The van der Waals surface area contributed by atoms with Crippen molar-refractivity contribution >= 4 is 5.82 Å². The Hall–Kier alpha value is -1.95. The van der Waals surface area contributed by atoms with E-state index < -0.39 is 0 Å². The van der Waals surface area contributed by atoms with E-state index in [1.165, 1.54) is 19.2 Å². The van der Waals surface area contributed by atoms with E-state index in [0.29, 0.717) is 11.8 Å². The van der Waals surface area contributed by atoms with Gasteiger partial charge in [-0.25, -0.2) is 4.98 Å². The molecule has 6 nitrogen and oxygen atoms in total. The van der Waals surface area contributed by atoms with Gasteiger partial charge in [0.25, 0.3) is 0 Å². The molecule has 1 aliphatic carbocycles. The summed E-state index contributed by atoms with van der Waals surface area (Å²) >= 11 is 0. The third-order valence-corrected chi connectivity index (χ3v) is 4.16. The molecule has 2 aliphatic rings. The smallest absolute Gasteiger partial charge is 0.180 e. The molecule has 2 aromatic heterocycles. The Bertz CT molecular complexity index is 573. The van der Waals surface area contributed by atoms with Crippen LogP contribution in [0.25, 0.3) is 0 Å². The lowest BCUT2D eigenvalue weighted by Crippen LogP contribution is -2.51. The van der Waals surface area contributed by atoms with Crippen LogP contribution in [-0.4, -0.2) is 34.8 Å². The zero-order valence-corrected chi connectivity index (χ0v) is 11.9. The van der Waals surface area contributed by atoms with Crippen molar-refractivity contribution in [2.75, 3.05) is 24.5 Å². The Morgan fingerprint density at radius 1 is 1.24 bits per heavy atom. The second kappa shape index (κ2) is 5.44. The van der Waals surface area contributed by atoms with Crippen molar-refractivity contribution in [2.24, 2.45) is 5.92 Å². The van der Waals surface area contributed by atoms with E-state index >= 15 is 0 Å². The minimum Gasteiger partial charge on any atom is -0.447 e. The lowest BCUT2D eigenvalue weighted by Gasteiger charge is -2.40. The molecule has 4 rings (SSSR count). The van der Waals surface area contributed by atoms with Crippen LogP contribution < -0.4 is 10.2 Å². The first-order valence-corrected chi connectivity index (χ1v) is 7.55. The maximum Gasteiger partial charge on any atom is 0.180 e. The Balaban J connectivity index is 1.21. The fourth-order valence-electron chi connectivity index (χ4n) is 2.72. The van der Waals surface area contributed by atoms with E-state index in [0.717, 1.165) is 43.5 Å². The van der Waals surface area contributed by atoms with Crippen molar-refractivity contribution in [1.82, 2.24) is 20.5 Å². The van der Waals surface area contributed by atoms with Crippen LogP contribution in [0.2, 0.25) is 0 Å². The number of nitrogens with one attached hydrogen (secondary N) is 1. The van der Waals surface area contributed by atoms with E-state index in [4.69, 9.17) is 4.42 Å². The van der Waals surface area contributed by atoms with Crippen molar-refractivity contribution in [3.05, 3.63) is 36.2 Å². The van der Waals surface area contributed by atoms with Gasteiger partial charge in [0.15, 0.2) is 12.2 Å². The lowest BCUT2D eigenvalue weighted by atomic mass is 10.0. The Labute approximate surface area is 123 Å². The van der Waals surface area contributed by atoms with E-state index in [-0.39, 0.29) is 0 Å². The molecule has 2 aromatic rings. The third-order valence-electron chi connectivity index (χ3n) is 4.16. The van der Waals surface area contributed by atoms with Gasteiger partial charge in [0.05, 0.1) is 18.4 Å². The van der Waals surface area contributed by atoms with Gasteiger partial charge in [-0.3, -0.25) is 0 Å². The summed E-state index contributed by atoms with van der Waals surface area (Å²) in [4.78, 5) is 6.18. The van der Waals surface area contributed by atoms with E-state index in [1.807, 2.05) is 0 Å². The molecule has 1 saturated carbocycles. The number of aromatic nitrogens is 3. The molecule has 6 heteroatoms. The van der Waals surface area contributed by atoms with Gasteiger partial charge in [-0.15, -0.1) is 5.10 Å². The summed E-state index contributed by atoms with van der Waals surface area (Å²) in [5, 5.41) is 12.1. The second-order valence-electron chi connectivity index (χ2n) is 5.96. The van der Waals surface area contributed by atoms with Crippen LogP contribution in [0.15, 0.2) is 29.1 Å². The molecule has 1 saturated heterocycles. The van der Waals surface area contributed by atoms with Crippen molar-refractivity contribution in [1.29, 1.82) is 0 Å². The van der Waals surface area contributed by atoms with Gasteiger partial charge >= 0.3 is 0 Å². The number of anilines is 1. The summed E-state index contributed by atoms with van der Waals surface area (Å²) in [6.45, 7) is 3.82. The number of hydrogen-bond donors (Lipinski definition) is 1. The molecule has 2 fully saturated rings. The highest BCUT2D eigenvalue weighted by Gasteiger charge is 2.29. The quantitative estimate of drug-likeness (QED) is 0.869. The van der Waals surface area contributed by atoms with Crippen LogP contribution in [-0.2, 0) is 6.54 Å². The van der Waals surface area contributed by atoms with Crippen molar-refractivity contribution in [2.45, 2.75) is 25.3 Å². The maximum atomic E-state index is 5.19. The summed E-state index contributed by atoms with van der Waals surface area (Å²) in [6.07, 6.45) is 5.76. The molecule has 1 aliphatic heterocycles. The fourth-order valence-corrected chi connectivity index (χ4v) is 2.72. The Morgan fingerprint density at radius 3 is 2.81 bits per heavy atom. The van der Waals surface area contributed by atoms with Crippen molar-refractivity contribution in [3.8, 4) is 0 Å². The predicted octanol–water partition coefficient (Wildman–Crippen LogP) is 1.57. The monoisotopic (exact) mass is 285 g/mol. The van der Waals surface area contributed by atoms with Gasteiger partial charge in [-0.05, 0) is 25.0 Å². The number of oxazole rings is 1. The summed E-state index contributed by atoms with van der Waals surface area (Å²) in [7, 11) is 0. The van der Waals surface area contributed by atoms with Gasteiger partial charge in [-0.1, -0.05) is 0 Å². The molecule has 0 atom stereocenters. The molecule has 3 heterocycles. The second-order valence-corrected chi connectivity index (χ2v) is 5.96. The molecule has 0 aromatic carbocycles. The molecule has 0 unspecified atom stereocenters. The maximum absolute atomic E-state index is 5.19. The van der Waals surface area contributed by atoms with Crippen LogP contribution in [0.5, 0.6) is 0 Å². The van der Waals surface area contributed by atoms with Gasteiger partial charge in [-0.2, -0.15) is 5.10 Å². The first kappa shape index (κ1) is 12.8. The van der Waals surface area contributed by atoms with E-state index in [1.54, 1.807) is 6.20 Å². The fraction of sp³-hybridized carbons (Fsp3) is 0.533. The number of rotatable bonds is 6. The van der Waals surface area contributed by atoms with Crippen molar-refractivity contribution in [3.63, 3.8) is 0 Å². The largest absolute Gasteiger partial charge is 0.447 e. The zero-order chi connectivity index (χ0) is 14.1. The zero-order valence-electron chi connectivity index (χ0n) is 11.9. The Kier molecular flexibility index (Phi) is 3.31. The average molecular weight is 285 g/mol. The molecule has 21 heavy (non-hydrogen) atoms. The highest BCUT2D eigenvalue weighted by molar-refractivity contribution is 5.41. The molecule has 0 bridgehead atoms. The third kappa shape index (κ3) is 2.90. The van der Waals surface area contributed by atoms with Crippen LogP contribution in [0.4, 0.5) is 5.82 Å². The summed E-state index contributed by atoms with van der Waals surface area (Å²) < 4.78 is 5.19. The topological polar surface area (TPSA) is 67.1 Å². The standard InChI is InChI=1S/C15H19N5O/c1-2-12(1)14-3-4-15(19-18-14)20-8-11(9-20)5-16-6-13-7-17-10-21-13/h3-4,7,10-12,16H,1-2,5-6,8-9H2. The lowest BCUT2D eigenvalue weighted by molar-refractivity contribution is 0.371. The SMILES string of the molecule is c1ncc(CNCC2CN(c3ccc(C4CC4)nn3)C2)o1. The van der Waals surface area contributed by atoms with Gasteiger partial charge < -0.3 is 14.6 Å². The van der Waals surface area contributed by atoms with Gasteiger partial charge in [0.1, 0.15) is 5.76 Å². The summed E-state index contributed by atoms with van der Waals surface area (Å²) in [6, 6.07) is 4.24. The van der Waals surface area contributed by atoms with Crippen LogP contribution >= 0.6 is 0 Å².